The number of H-pyrrole nitrogens is 1. The number of alkyl carbamates (subject to hydrolysis) is 1. The Hall–Kier alpha value is -4.42. The summed E-state index contributed by atoms with van der Waals surface area (Å²) in [6, 6.07) is 8.17. The lowest BCUT2D eigenvalue weighted by molar-refractivity contribution is -0.150. The first kappa shape index (κ1) is 28.2. The Morgan fingerprint density at radius 2 is 1.87 bits per heavy atom. The number of amides is 1. The molecule has 0 spiro atoms. The fourth-order valence-corrected chi connectivity index (χ4v) is 3.48. The Morgan fingerprint density at radius 1 is 1.13 bits per heavy atom. The molecule has 0 aliphatic heterocycles. The van der Waals surface area contributed by atoms with Crippen LogP contribution in [0.5, 0.6) is 0 Å². The monoisotopic (exact) mass is 528 g/mol. The van der Waals surface area contributed by atoms with Crippen molar-refractivity contribution in [1.82, 2.24) is 24.8 Å². The van der Waals surface area contributed by atoms with E-state index in [0.717, 1.165) is 5.56 Å². The number of carbonyl (C=O) groups is 3. The van der Waals surface area contributed by atoms with Gasteiger partial charge in [0.1, 0.15) is 12.6 Å². The molecule has 0 aliphatic rings. The number of benzene rings is 1. The van der Waals surface area contributed by atoms with Crippen molar-refractivity contribution in [2.24, 2.45) is 5.92 Å². The smallest absolute Gasteiger partial charge is 0.408 e. The number of aryl methyl sites for hydroxylation is 1. The highest BCUT2D eigenvalue weighted by atomic mass is 16.6. The summed E-state index contributed by atoms with van der Waals surface area (Å²) in [6.07, 6.45) is 2.04. The van der Waals surface area contributed by atoms with E-state index in [1.54, 1.807) is 4.57 Å². The van der Waals surface area contributed by atoms with Crippen LogP contribution in [-0.4, -0.2) is 56.8 Å². The second-order valence-electron chi connectivity index (χ2n) is 8.71. The molecule has 2 atom stereocenters. The van der Waals surface area contributed by atoms with E-state index in [1.165, 1.54) is 13.3 Å². The fourth-order valence-electron chi connectivity index (χ4n) is 3.48. The summed E-state index contributed by atoms with van der Waals surface area (Å²) in [4.78, 5) is 59.1. The lowest BCUT2D eigenvalue weighted by Gasteiger charge is -2.19. The first-order chi connectivity index (χ1) is 18.3. The van der Waals surface area contributed by atoms with Crippen LogP contribution in [0.15, 0.2) is 41.5 Å². The summed E-state index contributed by atoms with van der Waals surface area (Å²) in [6.45, 7) is 3.72. The number of carbonyl (C=O) groups excluding carboxylic acids is 3. The molecule has 204 valence electrons. The Morgan fingerprint density at radius 3 is 2.61 bits per heavy atom. The van der Waals surface area contributed by atoms with E-state index in [2.05, 4.69) is 20.3 Å². The van der Waals surface area contributed by atoms with Crippen molar-refractivity contribution in [3.8, 4) is 0 Å². The summed E-state index contributed by atoms with van der Waals surface area (Å²) in [7, 11) is 0. The standard InChI is InChI=1S/C25H32N6O7/c1-3-7-19(32)36-13-18(10-11-31-15-27-20-21(31)29-24(26)30-22(20)33)14-37-23(34)16(2)28-25(35)38-12-17-8-5-4-6-9-17/h4-6,8-9,15-16,18H,3,7,10-14H2,1-2H3,(H,28,35)(H3,26,29,30,33)/t16-,18?/m0/s1. The molecule has 3 aromatic rings. The number of fused-ring (bicyclic) bond motifs is 1. The molecule has 38 heavy (non-hydrogen) atoms. The first-order valence-corrected chi connectivity index (χ1v) is 12.3. The third kappa shape index (κ3) is 8.32. The summed E-state index contributed by atoms with van der Waals surface area (Å²) < 4.78 is 17.5. The van der Waals surface area contributed by atoms with E-state index in [4.69, 9.17) is 19.9 Å². The number of anilines is 1. The number of nitrogens with one attached hydrogen (secondary N) is 2. The fraction of sp³-hybridized carbons (Fsp3) is 0.440. The van der Waals surface area contributed by atoms with Gasteiger partial charge in [0.2, 0.25) is 5.95 Å². The first-order valence-electron chi connectivity index (χ1n) is 12.3. The quantitative estimate of drug-likeness (QED) is 0.219. The second-order valence-corrected chi connectivity index (χ2v) is 8.71. The number of rotatable bonds is 13. The minimum Gasteiger partial charge on any atom is -0.465 e. The SMILES string of the molecule is CCCC(=O)OCC(CCn1cnc2c(=O)[nH]c(N)nc21)COC(=O)[C@H](C)NC(=O)OCc1ccccc1. The van der Waals surface area contributed by atoms with Crippen molar-refractivity contribution in [2.45, 2.75) is 52.3 Å². The molecule has 2 aromatic heterocycles. The molecule has 4 N–H and O–H groups in total. The van der Waals surface area contributed by atoms with Gasteiger partial charge in [-0.2, -0.15) is 4.98 Å². The zero-order chi connectivity index (χ0) is 27.5. The van der Waals surface area contributed by atoms with Gasteiger partial charge in [0.25, 0.3) is 5.56 Å². The van der Waals surface area contributed by atoms with Crippen LogP contribution in [-0.2, 0) is 37.0 Å². The Balaban J connectivity index is 1.54. The van der Waals surface area contributed by atoms with Gasteiger partial charge >= 0.3 is 18.0 Å². The van der Waals surface area contributed by atoms with E-state index in [9.17, 15) is 19.2 Å². The van der Waals surface area contributed by atoms with Crippen molar-refractivity contribution < 1.29 is 28.6 Å². The molecule has 2 heterocycles. The number of hydrogen-bond donors (Lipinski definition) is 3. The summed E-state index contributed by atoms with van der Waals surface area (Å²) in [5, 5.41) is 2.44. The Labute approximate surface area is 218 Å². The van der Waals surface area contributed by atoms with E-state index in [1.807, 2.05) is 37.3 Å². The minimum absolute atomic E-state index is 0.0236. The third-order valence-electron chi connectivity index (χ3n) is 5.57. The molecule has 0 bridgehead atoms. The van der Waals surface area contributed by atoms with Crippen molar-refractivity contribution in [2.75, 3.05) is 18.9 Å². The summed E-state index contributed by atoms with van der Waals surface area (Å²) in [5.74, 6) is -1.42. The maximum atomic E-state index is 12.5. The van der Waals surface area contributed by atoms with E-state index < -0.39 is 23.7 Å². The van der Waals surface area contributed by atoms with Crippen LogP contribution < -0.4 is 16.6 Å². The van der Waals surface area contributed by atoms with Gasteiger partial charge in [-0.25, -0.2) is 14.6 Å². The van der Waals surface area contributed by atoms with Crippen LogP contribution in [0.3, 0.4) is 0 Å². The molecular formula is C25H32N6O7. The molecule has 13 nitrogen and oxygen atoms in total. The molecule has 0 radical (unpaired) electrons. The van der Waals surface area contributed by atoms with Gasteiger partial charge in [-0.05, 0) is 25.3 Å². The van der Waals surface area contributed by atoms with Crippen LogP contribution in [0, 0.1) is 5.92 Å². The van der Waals surface area contributed by atoms with Gasteiger partial charge in [-0.3, -0.25) is 14.6 Å². The van der Waals surface area contributed by atoms with Gasteiger partial charge < -0.3 is 29.8 Å². The number of aromatic nitrogens is 4. The van der Waals surface area contributed by atoms with Crippen molar-refractivity contribution in [1.29, 1.82) is 0 Å². The highest BCUT2D eigenvalue weighted by Crippen LogP contribution is 2.13. The Bertz CT molecular complexity index is 1290. The maximum absolute atomic E-state index is 12.5. The predicted octanol–water partition coefficient (Wildman–Crippen LogP) is 1.91. The predicted molar refractivity (Wildman–Crippen MR) is 137 cm³/mol. The second kappa shape index (κ2) is 13.8. The Kier molecular flexibility index (Phi) is 10.2. The number of hydrogen-bond acceptors (Lipinski definition) is 10. The number of nitrogens with two attached hydrogens (primary N) is 1. The van der Waals surface area contributed by atoms with Crippen LogP contribution >= 0.6 is 0 Å². The number of nitrogens with zero attached hydrogens (tertiary/aromatic N) is 3. The largest absolute Gasteiger partial charge is 0.465 e. The van der Waals surface area contributed by atoms with Gasteiger partial charge in [-0.15, -0.1) is 0 Å². The lowest BCUT2D eigenvalue weighted by Crippen LogP contribution is -2.40. The van der Waals surface area contributed by atoms with Gasteiger partial charge in [0.05, 0.1) is 19.5 Å². The number of imidazole rings is 1. The van der Waals surface area contributed by atoms with Crippen LogP contribution in [0.4, 0.5) is 10.7 Å². The normalized spacial score (nSPS) is 12.5. The molecule has 13 heteroatoms. The summed E-state index contributed by atoms with van der Waals surface area (Å²) >= 11 is 0. The third-order valence-corrected chi connectivity index (χ3v) is 5.57. The average molecular weight is 529 g/mol. The van der Waals surface area contributed by atoms with Gasteiger partial charge in [0.15, 0.2) is 11.2 Å². The average Bonchev–Trinajstić information content (AvgIpc) is 3.30. The van der Waals surface area contributed by atoms with Gasteiger partial charge in [-0.1, -0.05) is 37.3 Å². The van der Waals surface area contributed by atoms with Crippen molar-refractivity contribution in [3.63, 3.8) is 0 Å². The molecule has 3 rings (SSSR count). The van der Waals surface area contributed by atoms with Crippen molar-refractivity contribution in [3.05, 3.63) is 52.6 Å². The number of nitrogen functional groups attached to an aromatic ring is 1. The maximum Gasteiger partial charge on any atom is 0.408 e. The zero-order valence-electron chi connectivity index (χ0n) is 21.3. The van der Waals surface area contributed by atoms with E-state index >= 15 is 0 Å². The molecule has 0 aliphatic carbocycles. The van der Waals surface area contributed by atoms with Gasteiger partial charge in [0, 0.05) is 18.9 Å². The topological polar surface area (TPSA) is 181 Å². The zero-order valence-corrected chi connectivity index (χ0v) is 21.3. The van der Waals surface area contributed by atoms with E-state index in [0.29, 0.717) is 25.0 Å². The van der Waals surface area contributed by atoms with Crippen LogP contribution in [0.25, 0.3) is 11.2 Å². The molecule has 1 unspecified atom stereocenters. The van der Waals surface area contributed by atoms with Crippen molar-refractivity contribution >= 4 is 35.1 Å². The number of aromatic amines is 1. The minimum atomic E-state index is -0.960. The van der Waals surface area contributed by atoms with Crippen LogP contribution in [0.2, 0.25) is 0 Å². The molecule has 0 fully saturated rings. The molecule has 1 aromatic carbocycles. The number of esters is 2. The highest BCUT2D eigenvalue weighted by molar-refractivity contribution is 5.80. The summed E-state index contributed by atoms with van der Waals surface area (Å²) in [5.41, 5.74) is 6.48. The number of ether oxygens (including phenoxy) is 3. The molecular weight excluding hydrogens is 496 g/mol. The lowest BCUT2D eigenvalue weighted by atomic mass is 10.1. The van der Waals surface area contributed by atoms with E-state index in [-0.39, 0.29) is 49.6 Å². The highest BCUT2D eigenvalue weighted by Gasteiger charge is 2.21. The van der Waals surface area contributed by atoms with Crippen LogP contribution in [0.1, 0.15) is 38.7 Å². The molecule has 0 saturated carbocycles. The molecule has 1 amide bonds. The molecule has 0 saturated heterocycles.